The molecule has 3 fully saturated rings. The minimum absolute atomic E-state index is 0.00194. The molecule has 220 valence electrons. The number of pyridine rings is 1. The fraction of sp³-hybridized carbons (Fsp3) is 0.519. The fourth-order valence-corrected chi connectivity index (χ4v) is 6.45. The van der Waals surface area contributed by atoms with Gasteiger partial charge in [0.15, 0.2) is 11.6 Å². The number of hydrogen-bond donors (Lipinski definition) is 2. The molecular formula is C27H32F3N7O3S. The molecule has 0 bridgehead atoms. The standard InChI is InChI=1S/C27H32F3N7O3S/c28-20-2-3-21(31-25(20)36-13-9-27(29,30)10-14-36)22-18-37(34-32-22)23-4-1-19(33-41(39,40)16-15-38)17-24(23)35-11-7-26(5-6-26)8-12-35/h1-4,17-18,33,38H,5-16H2. The van der Waals surface area contributed by atoms with Gasteiger partial charge in [-0.1, -0.05) is 5.21 Å². The first-order valence-corrected chi connectivity index (χ1v) is 15.4. The molecule has 2 saturated heterocycles. The smallest absolute Gasteiger partial charge is 0.251 e. The fourth-order valence-electron chi connectivity index (χ4n) is 5.62. The van der Waals surface area contributed by atoms with Crippen LogP contribution in [0.1, 0.15) is 38.5 Å². The van der Waals surface area contributed by atoms with E-state index >= 15 is 0 Å². The van der Waals surface area contributed by atoms with Crippen molar-refractivity contribution in [1.82, 2.24) is 20.0 Å². The SMILES string of the molecule is O=S(=O)(CCO)Nc1ccc(-n2cc(-c3ccc(F)c(N4CCC(F)(F)CC4)n3)nn2)c(N2CCC3(CC2)CC3)c1. The molecule has 2 N–H and O–H groups in total. The van der Waals surface area contributed by atoms with Gasteiger partial charge in [0.2, 0.25) is 10.0 Å². The molecule has 0 atom stereocenters. The highest BCUT2D eigenvalue weighted by atomic mass is 32.2. The van der Waals surface area contributed by atoms with Crippen molar-refractivity contribution in [3.63, 3.8) is 0 Å². The average molecular weight is 592 g/mol. The molecule has 2 aromatic heterocycles. The van der Waals surface area contributed by atoms with Crippen molar-refractivity contribution in [2.75, 3.05) is 53.1 Å². The van der Waals surface area contributed by atoms with E-state index in [2.05, 4.69) is 24.9 Å². The second-order valence-electron chi connectivity index (χ2n) is 11.2. The second kappa shape index (κ2) is 10.5. The number of piperidine rings is 2. The Bertz CT molecular complexity index is 1520. The van der Waals surface area contributed by atoms with Crippen LogP contribution in [0.2, 0.25) is 0 Å². The van der Waals surface area contributed by atoms with Crippen molar-refractivity contribution >= 4 is 27.2 Å². The molecule has 41 heavy (non-hydrogen) atoms. The number of aliphatic hydroxyl groups is 1. The van der Waals surface area contributed by atoms with Crippen molar-refractivity contribution < 1.29 is 26.7 Å². The van der Waals surface area contributed by atoms with Crippen molar-refractivity contribution in [3.8, 4) is 17.1 Å². The van der Waals surface area contributed by atoms with E-state index in [-0.39, 0.29) is 31.7 Å². The first-order valence-electron chi connectivity index (χ1n) is 13.8. The zero-order valence-electron chi connectivity index (χ0n) is 22.4. The Balaban J connectivity index is 1.30. The van der Waals surface area contributed by atoms with Gasteiger partial charge in [0.1, 0.15) is 5.69 Å². The summed E-state index contributed by atoms with van der Waals surface area (Å²) in [5.41, 5.74) is 3.01. The lowest BCUT2D eigenvalue weighted by atomic mass is 9.93. The second-order valence-corrected chi connectivity index (χ2v) is 13.1. The van der Waals surface area contributed by atoms with Gasteiger partial charge in [0, 0.05) is 39.0 Å². The first kappa shape index (κ1) is 27.8. The molecular weight excluding hydrogens is 559 g/mol. The van der Waals surface area contributed by atoms with E-state index in [4.69, 9.17) is 5.11 Å². The molecule has 1 aromatic carbocycles. The number of halogens is 3. The lowest BCUT2D eigenvalue weighted by molar-refractivity contribution is -0.0222. The molecule has 3 aliphatic rings. The van der Waals surface area contributed by atoms with Crippen molar-refractivity contribution in [1.29, 1.82) is 0 Å². The highest BCUT2D eigenvalue weighted by Crippen LogP contribution is 2.54. The zero-order valence-corrected chi connectivity index (χ0v) is 23.3. The van der Waals surface area contributed by atoms with Crippen LogP contribution >= 0.6 is 0 Å². The van der Waals surface area contributed by atoms with Crippen LogP contribution in [0.4, 0.5) is 30.4 Å². The summed E-state index contributed by atoms with van der Waals surface area (Å²) in [5.74, 6) is -3.75. The van der Waals surface area contributed by atoms with Gasteiger partial charge in [-0.3, -0.25) is 4.72 Å². The summed E-state index contributed by atoms with van der Waals surface area (Å²) in [5, 5.41) is 17.7. The number of hydrogen-bond acceptors (Lipinski definition) is 8. The number of sulfonamides is 1. The summed E-state index contributed by atoms with van der Waals surface area (Å²) < 4.78 is 70.7. The van der Waals surface area contributed by atoms with Gasteiger partial charge in [0.25, 0.3) is 5.92 Å². The molecule has 14 heteroatoms. The molecule has 3 aromatic rings. The Morgan fingerprint density at radius 2 is 1.61 bits per heavy atom. The third kappa shape index (κ3) is 5.98. The van der Waals surface area contributed by atoms with Crippen LogP contribution in [-0.2, 0) is 10.0 Å². The van der Waals surface area contributed by atoms with Gasteiger partial charge in [-0.05, 0) is 61.4 Å². The Morgan fingerprint density at radius 1 is 0.902 bits per heavy atom. The van der Waals surface area contributed by atoms with Gasteiger partial charge in [-0.15, -0.1) is 5.10 Å². The number of alkyl halides is 2. The molecule has 0 amide bonds. The van der Waals surface area contributed by atoms with E-state index in [1.54, 1.807) is 29.1 Å². The van der Waals surface area contributed by atoms with Crippen LogP contribution in [0.3, 0.4) is 0 Å². The molecule has 10 nitrogen and oxygen atoms in total. The Kier molecular flexibility index (Phi) is 7.09. The Morgan fingerprint density at radius 3 is 2.29 bits per heavy atom. The summed E-state index contributed by atoms with van der Waals surface area (Å²) in [4.78, 5) is 8.15. The van der Waals surface area contributed by atoms with Crippen LogP contribution in [-0.4, -0.2) is 78.0 Å². The highest BCUT2D eigenvalue weighted by molar-refractivity contribution is 7.92. The monoisotopic (exact) mass is 591 g/mol. The summed E-state index contributed by atoms with van der Waals surface area (Å²) in [7, 11) is -3.71. The number of anilines is 3. The molecule has 0 unspecified atom stereocenters. The van der Waals surface area contributed by atoms with E-state index in [1.165, 1.54) is 29.9 Å². The Labute approximate surface area is 236 Å². The molecule has 1 saturated carbocycles. The van der Waals surface area contributed by atoms with Gasteiger partial charge >= 0.3 is 0 Å². The average Bonchev–Trinajstić information content (AvgIpc) is 3.50. The van der Waals surface area contributed by atoms with Crippen LogP contribution in [0.15, 0.2) is 36.5 Å². The van der Waals surface area contributed by atoms with E-state index < -0.39 is 34.1 Å². The maximum atomic E-state index is 14.7. The summed E-state index contributed by atoms with van der Waals surface area (Å²) in [6, 6.07) is 7.87. The molecule has 4 heterocycles. The Hall–Kier alpha value is -3.39. The minimum Gasteiger partial charge on any atom is -0.395 e. The number of aromatic nitrogens is 4. The minimum atomic E-state index is -3.71. The summed E-state index contributed by atoms with van der Waals surface area (Å²) >= 11 is 0. The van der Waals surface area contributed by atoms with Crippen molar-refractivity contribution in [2.24, 2.45) is 5.41 Å². The van der Waals surface area contributed by atoms with Crippen LogP contribution in [0.25, 0.3) is 17.1 Å². The van der Waals surface area contributed by atoms with Gasteiger partial charge < -0.3 is 14.9 Å². The predicted octanol–water partition coefficient (Wildman–Crippen LogP) is 3.82. The number of nitrogens with zero attached hydrogens (tertiary/aromatic N) is 6. The highest BCUT2D eigenvalue weighted by Gasteiger charge is 2.44. The number of benzene rings is 1. The van der Waals surface area contributed by atoms with E-state index in [9.17, 15) is 21.6 Å². The molecule has 6 rings (SSSR count). The largest absolute Gasteiger partial charge is 0.395 e. The quantitative estimate of drug-likeness (QED) is 0.406. The van der Waals surface area contributed by atoms with E-state index in [0.29, 0.717) is 28.2 Å². The maximum Gasteiger partial charge on any atom is 0.251 e. The third-order valence-corrected chi connectivity index (χ3v) is 9.62. The van der Waals surface area contributed by atoms with Crippen molar-refractivity contribution in [2.45, 2.75) is 44.4 Å². The summed E-state index contributed by atoms with van der Waals surface area (Å²) in [6.45, 7) is 1.15. The molecule has 0 radical (unpaired) electrons. The third-order valence-electron chi connectivity index (χ3n) is 8.36. The van der Waals surface area contributed by atoms with E-state index in [1.807, 2.05) is 0 Å². The lowest BCUT2D eigenvalue weighted by Gasteiger charge is -2.35. The maximum absolute atomic E-state index is 14.7. The predicted molar refractivity (Wildman–Crippen MR) is 149 cm³/mol. The molecule has 2 aliphatic heterocycles. The number of aliphatic hydroxyl groups excluding tert-OH is 1. The molecule has 1 aliphatic carbocycles. The lowest BCUT2D eigenvalue weighted by Crippen LogP contribution is -2.40. The summed E-state index contributed by atoms with van der Waals surface area (Å²) in [6.07, 6.45) is 5.54. The number of nitrogens with one attached hydrogen (secondary N) is 1. The zero-order chi connectivity index (χ0) is 28.8. The van der Waals surface area contributed by atoms with Crippen LogP contribution in [0.5, 0.6) is 0 Å². The first-order chi connectivity index (χ1) is 19.6. The van der Waals surface area contributed by atoms with Gasteiger partial charge in [-0.25, -0.2) is 31.3 Å². The molecule has 1 spiro atoms. The van der Waals surface area contributed by atoms with E-state index in [0.717, 1.165) is 31.6 Å². The van der Waals surface area contributed by atoms with Gasteiger partial charge in [-0.2, -0.15) is 0 Å². The van der Waals surface area contributed by atoms with Gasteiger partial charge in [0.05, 0.1) is 41.3 Å². The topological polar surface area (TPSA) is 116 Å². The van der Waals surface area contributed by atoms with Crippen molar-refractivity contribution in [3.05, 3.63) is 42.3 Å². The van der Waals surface area contributed by atoms with Crippen LogP contribution < -0.4 is 14.5 Å². The normalized spacial score (nSPS) is 19.9. The van der Waals surface area contributed by atoms with Crippen LogP contribution in [0, 0.1) is 11.2 Å². The number of rotatable bonds is 8.